The molecule has 2 aliphatic rings. The minimum absolute atomic E-state index is 0.220. The van der Waals surface area contributed by atoms with Gasteiger partial charge in [-0.25, -0.2) is 15.0 Å². The standard InChI is InChI=1S/C21H24N4O4S2/c1-10-15(19-24-11-7-5-6-8-14(11)30-19)18(25-20(22-10)31(4)27)23-12-9-13(26)17-16(12)28-21(2,3)29-17/h5-8,12-13,16-17,26H,9H2,1-4H3,(H,22,23,25). The Labute approximate surface area is 186 Å². The zero-order valence-corrected chi connectivity index (χ0v) is 19.3. The van der Waals surface area contributed by atoms with E-state index in [0.717, 1.165) is 20.8 Å². The van der Waals surface area contributed by atoms with Gasteiger partial charge < -0.3 is 19.9 Å². The molecular weight excluding hydrogens is 436 g/mol. The van der Waals surface area contributed by atoms with Crippen molar-refractivity contribution >= 4 is 38.2 Å². The van der Waals surface area contributed by atoms with E-state index in [9.17, 15) is 9.32 Å². The van der Waals surface area contributed by atoms with E-state index in [1.54, 1.807) is 17.6 Å². The highest BCUT2D eigenvalue weighted by Crippen LogP contribution is 2.41. The Kier molecular flexibility index (Phi) is 5.10. The molecule has 5 unspecified atom stereocenters. The highest BCUT2D eigenvalue weighted by Gasteiger charge is 2.54. The van der Waals surface area contributed by atoms with Gasteiger partial charge in [0.25, 0.3) is 0 Å². The second-order valence-electron chi connectivity index (χ2n) is 8.37. The van der Waals surface area contributed by atoms with Crippen molar-refractivity contribution in [3.8, 4) is 10.6 Å². The van der Waals surface area contributed by atoms with E-state index < -0.39 is 28.8 Å². The van der Waals surface area contributed by atoms with Crippen LogP contribution in [0.2, 0.25) is 0 Å². The number of hydrogen-bond donors (Lipinski definition) is 2. The van der Waals surface area contributed by atoms with E-state index >= 15 is 0 Å². The molecule has 0 bridgehead atoms. The average molecular weight is 461 g/mol. The van der Waals surface area contributed by atoms with Gasteiger partial charge in [-0.3, -0.25) is 4.21 Å². The highest BCUT2D eigenvalue weighted by atomic mass is 32.2. The van der Waals surface area contributed by atoms with Gasteiger partial charge in [-0.05, 0) is 39.3 Å². The number of aryl methyl sites for hydroxylation is 1. The smallest absolute Gasteiger partial charge is 0.220 e. The summed E-state index contributed by atoms with van der Waals surface area (Å²) in [5.74, 6) is -0.215. The molecule has 5 rings (SSSR count). The van der Waals surface area contributed by atoms with E-state index in [0.29, 0.717) is 17.9 Å². The number of anilines is 1. The molecule has 0 amide bonds. The fourth-order valence-corrected chi connectivity index (χ4v) is 5.84. The number of aromatic nitrogens is 3. The summed E-state index contributed by atoms with van der Waals surface area (Å²) in [6, 6.07) is 7.71. The molecule has 0 spiro atoms. The van der Waals surface area contributed by atoms with Crippen molar-refractivity contribution in [3.63, 3.8) is 0 Å². The molecule has 1 saturated carbocycles. The molecule has 0 radical (unpaired) electrons. The van der Waals surface area contributed by atoms with E-state index in [-0.39, 0.29) is 17.3 Å². The lowest BCUT2D eigenvalue weighted by Gasteiger charge is -2.24. The Bertz CT molecular complexity index is 1150. The van der Waals surface area contributed by atoms with Crippen molar-refractivity contribution in [1.29, 1.82) is 0 Å². The first-order valence-electron chi connectivity index (χ1n) is 10.1. The molecule has 10 heteroatoms. The maximum Gasteiger partial charge on any atom is 0.220 e. The lowest BCUT2D eigenvalue weighted by Crippen LogP contribution is -2.35. The minimum atomic E-state index is -1.34. The van der Waals surface area contributed by atoms with Gasteiger partial charge in [-0.2, -0.15) is 0 Å². The first-order chi connectivity index (χ1) is 14.7. The second-order valence-corrected chi connectivity index (χ2v) is 10.7. The largest absolute Gasteiger partial charge is 0.390 e. The number of nitrogens with one attached hydrogen (secondary N) is 1. The topological polar surface area (TPSA) is 106 Å². The predicted molar refractivity (Wildman–Crippen MR) is 120 cm³/mol. The molecule has 31 heavy (non-hydrogen) atoms. The summed E-state index contributed by atoms with van der Waals surface area (Å²) in [5, 5.41) is 15.0. The number of nitrogens with zero attached hydrogens (tertiary/aromatic N) is 3. The van der Waals surface area contributed by atoms with Crippen LogP contribution in [0, 0.1) is 6.92 Å². The Hall–Kier alpha value is -1.98. The second kappa shape index (κ2) is 7.56. The van der Waals surface area contributed by atoms with Crippen LogP contribution in [0.1, 0.15) is 26.0 Å². The number of rotatable bonds is 4. The quantitative estimate of drug-likeness (QED) is 0.573. The van der Waals surface area contributed by atoms with Crippen LogP contribution >= 0.6 is 11.3 Å². The minimum Gasteiger partial charge on any atom is -0.390 e. The molecule has 1 saturated heterocycles. The summed E-state index contributed by atoms with van der Waals surface area (Å²) in [6.45, 7) is 5.55. The van der Waals surface area contributed by atoms with Gasteiger partial charge in [0.1, 0.15) is 23.0 Å². The Morgan fingerprint density at radius 1 is 1.19 bits per heavy atom. The normalized spacial score (nSPS) is 28.0. The van der Waals surface area contributed by atoms with Crippen LogP contribution in [0.3, 0.4) is 0 Å². The fourth-order valence-electron chi connectivity index (χ4n) is 4.29. The van der Waals surface area contributed by atoms with E-state index in [2.05, 4.69) is 15.3 Å². The molecule has 3 aromatic rings. The van der Waals surface area contributed by atoms with Gasteiger partial charge in [0, 0.05) is 6.26 Å². The zero-order chi connectivity index (χ0) is 21.9. The highest BCUT2D eigenvalue weighted by molar-refractivity contribution is 7.84. The van der Waals surface area contributed by atoms with Crippen LogP contribution in [-0.4, -0.2) is 60.7 Å². The van der Waals surface area contributed by atoms with Crippen LogP contribution < -0.4 is 5.32 Å². The van der Waals surface area contributed by atoms with Gasteiger partial charge in [-0.1, -0.05) is 12.1 Å². The zero-order valence-electron chi connectivity index (χ0n) is 17.7. The Morgan fingerprint density at radius 3 is 2.68 bits per heavy atom. The maximum absolute atomic E-state index is 12.2. The number of hydrogen-bond acceptors (Lipinski definition) is 9. The molecule has 1 aliphatic heterocycles. The molecule has 1 aliphatic carbocycles. The number of benzene rings is 1. The number of aliphatic hydroxyl groups is 1. The third-order valence-corrected chi connectivity index (χ3v) is 7.34. The first-order valence-corrected chi connectivity index (χ1v) is 12.5. The Morgan fingerprint density at radius 2 is 1.94 bits per heavy atom. The number of para-hydroxylation sites is 1. The molecule has 164 valence electrons. The van der Waals surface area contributed by atoms with Gasteiger partial charge in [0.15, 0.2) is 5.79 Å². The summed E-state index contributed by atoms with van der Waals surface area (Å²) >= 11 is 1.56. The predicted octanol–water partition coefficient (Wildman–Crippen LogP) is 2.86. The van der Waals surface area contributed by atoms with Crippen LogP contribution in [0.15, 0.2) is 29.4 Å². The van der Waals surface area contributed by atoms with Crippen LogP contribution in [0.4, 0.5) is 5.82 Å². The molecule has 2 N–H and O–H groups in total. The summed E-state index contributed by atoms with van der Waals surface area (Å²) in [6.07, 6.45) is 0.651. The SMILES string of the molecule is Cc1nc(S(C)=O)nc(NC2CC(O)C3OC(C)(C)OC23)c1-c1nc2ccccc2s1. The molecule has 2 fully saturated rings. The van der Waals surface area contributed by atoms with E-state index in [1.165, 1.54) is 0 Å². The van der Waals surface area contributed by atoms with Gasteiger partial charge in [0.05, 0.1) is 44.4 Å². The monoisotopic (exact) mass is 460 g/mol. The van der Waals surface area contributed by atoms with Crippen LogP contribution in [0.25, 0.3) is 20.8 Å². The number of ether oxygens (including phenoxy) is 2. The summed E-state index contributed by atoms with van der Waals surface area (Å²) in [4.78, 5) is 13.8. The third-order valence-electron chi connectivity index (χ3n) is 5.59. The van der Waals surface area contributed by atoms with Crippen LogP contribution in [0.5, 0.6) is 0 Å². The van der Waals surface area contributed by atoms with Crippen molar-refractivity contribution in [2.45, 2.75) is 62.5 Å². The summed E-state index contributed by atoms with van der Waals surface area (Å²) < 4.78 is 25.2. The van der Waals surface area contributed by atoms with Gasteiger partial charge in [-0.15, -0.1) is 11.3 Å². The fraction of sp³-hybridized carbons (Fsp3) is 0.476. The molecule has 5 atom stereocenters. The van der Waals surface area contributed by atoms with Crippen molar-refractivity contribution < 1.29 is 18.8 Å². The number of fused-ring (bicyclic) bond motifs is 2. The average Bonchev–Trinajstić information content (AvgIpc) is 3.34. The lowest BCUT2D eigenvalue weighted by atomic mass is 10.1. The molecular formula is C21H24N4O4S2. The molecule has 2 aromatic heterocycles. The summed E-state index contributed by atoms with van der Waals surface area (Å²) in [5.41, 5.74) is 2.37. The van der Waals surface area contributed by atoms with Crippen molar-refractivity contribution in [3.05, 3.63) is 30.0 Å². The van der Waals surface area contributed by atoms with Gasteiger partial charge >= 0.3 is 0 Å². The first kappa shape index (κ1) is 20.9. The lowest BCUT2D eigenvalue weighted by molar-refractivity contribution is -0.162. The van der Waals surface area contributed by atoms with E-state index in [1.807, 2.05) is 45.0 Å². The molecule has 8 nitrogen and oxygen atoms in total. The van der Waals surface area contributed by atoms with Crippen molar-refractivity contribution in [1.82, 2.24) is 15.0 Å². The molecule has 3 heterocycles. The molecule has 1 aromatic carbocycles. The maximum atomic E-state index is 12.2. The van der Waals surface area contributed by atoms with E-state index in [4.69, 9.17) is 14.5 Å². The Balaban J connectivity index is 1.58. The number of thiazole rings is 1. The third kappa shape index (κ3) is 3.76. The van der Waals surface area contributed by atoms with Gasteiger partial charge in [0.2, 0.25) is 5.16 Å². The van der Waals surface area contributed by atoms with Crippen LogP contribution in [-0.2, 0) is 20.3 Å². The van der Waals surface area contributed by atoms with Crippen molar-refractivity contribution in [2.24, 2.45) is 0 Å². The number of aliphatic hydroxyl groups excluding tert-OH is 1. The van der Waals surface area contributed by atoms with Crippen molar-refractivity contribution in [2.75, 3.05) is 11.6 Å². The summed E-state index contributed by atoms with van der Waals surface area (Å²) in [7, 11) is -1.34.